The van der Waals surface area contributed by atoms with Crippen molar-refractivity contribution in [1.82, 2.24) is 0 Å². The quantitative estimate of drug-likeness (QED) is 0.791. The number of benzene rings is 1. The minimum atomic E-state index is -4.06. The molecule has 112 valence electrons. The second-order valence-electron chi connectivity index (χ2n) is 3.82. The average Bonchev–Trinajstić information content (AvgIpc) is 2.70. The van der Waals surface area contributed by atoms with Crippen molar-refractivity contribution in [1.29, 1.82) is 0 Å². The highest BCUT2D eigenvalue weighted by molar-refractivity contribution is 9.10. The monoisotopic (exact) mass is 413 g/mol. The van der Waals surface area contributed by atoms with Crippen LogP contribution in [0.1, 0.15) is 10.6 Å². The number of furan rings is 1. The van der Waals surface area contributed by atoms with Gasteiger partial charge in [-0.2, -0.15) is 0 Å². The summed E-state index contributed by atoms with van der Waals surface area (Å²) < 4.78 is 31.2. The number of hydrogen-bond donors (Lipinski definition) is 2. The van der Waals surface area contributed by atoms with Gasteiger partial charge in [-0.15, -0.1) is 0 Å². The Morgan fingerprint density at radius 3 is 2.24 bits per heavy atom. The Bertz CT molecular complexity index is 798. The molecule has 10 heteroatoms. The molecule has 0 radical (unpaired) electrons. The van der Waals surface area contributed by atoms with E-state index in [1.807, 2.05) is 0 Å². The topological polar surface area (TPSA) is 96.6 Å². The molecule has 2 N–H and O–H groups in total. The number of halogens is 3. The highest BCUT2D eigenvalue weighted by Crippen LogP contribution is 2.29. The first-order valence-corrected chi connectivity index (χ1v) is 8.24. The van der Waals surface area contributed by atoms with Crippen molar-refractivity contribution >= 4 is 60.8 Å². The Kier molecular flexibility index (Phi) is 4.52. The van der Waals surface area contributed by atoms with E-state index in [-0.39, 0.29) is 25.3 Å². The predicted molar refractivity (Wildman–Crippen MR) is 80.6 cm³/mol. The summed E-state index contributed by atoms with van der Waals surface area (Å²) in [7, 11) is -4.06. The van der Waals surface area contributed by atoms with E-state index in [2.05, 4.69) is 20.7 Å². The maximum atomic E-state index is 12.2. The summed E-state index contributed by atoms with van der Waals surface area (Å²) in [6.45, 7) is 0. The van der Waals surface area contributed by atoms with Crippen LogP contribution in [0.4, 0.5) is 5.69 Å². The van der Waals surface area contributed by atoms with Crippen LogP contribution >= 0.6 is 39.1 Å². The van der Waals surface area contributed by atoms with Gasteiger partial charge in [0.1, 0.15) is 4.90 Å². The SMILES string of the molecule is O=C(O)c1cc(S(=O)(=O)Nc2cc(Cl)cc(Cl)c2)c(Br)o1. The van der Waals surface area contributed by atoms with Crippen LogP contribution < -0.4 is 4.72 Å². The number of carboxylic acid groups (broad SMARTS) is 1. The van der Waals surface area contributed by atoms with Gasteiger partial charge in [0.15, 0.2) is 4.67 Å². The van der Waals surface area contributed by atoms with E-state index in [9.17, 15) is 13.2 Å². The molecule has 0 fully saturated rings. The van der Waals surface area contributed by atoms with Gasteiger partial charge in [0.05, 0.1) is 5.69 Å². The van der Waals surface area contributed by atoms with Gasteiger partial charge >= 0.3 is 5.97 Å². The predicted octanol–water partition coefficient (Wildman–Crippen LogP) is 3.85. The molecule has 6 nitrogen and oxygen atoms in total. The lowest BCUT2D eigenvalue weighted by Gasteiger charge is -2.07. The largest absolute Gasteiger partial charge is 0.475 e. The van der Waals surface area contributed by atoms with Crippen molar-refractivity contribution in [2.75, 3.05) is 4.72 Å². The maximum Gasteiger partial charge on any atom is 0.371 e. The van der Waals surface area contributed by atoms with Crippen molar-refractivity contribution < 1.29 is 22.7 Å². The molecule has 21 heavy (non-hydrogen) atoms. The molecule has 0 aliphatic rings. The number of carbonyl (C=O) groups is 1. The molecular formula is C11H6BrCl2NO5S. The third kappa shape index (κ3) is 3.70. The summed E-state index contributed by atoms with van der Waals surface area (Å²) in [5, 5.41) is 9.28. The van der Waals surface area contributed by atoms with Gasteiger partial charge in [-0.25, -0.2) is 13.2 Å². The standard InChI is InChI=1S/C11H6BrCl2NO5S/c12-10-9(4-8(20-10)11(16)17)21(18,19)15-7-2-5(13)1-6(14)3-7/h1-4,15H,(H,16,17). The summed E-state index contributed by atoms with van der Waals surface area (Å²) in [6.07, 6.45) is 0. The van der Waals surface area contributed by atoms with E-state index < -0.39 is 21.8 Å². The summed E-state index contributed by atoms with van der Waals surface area (Å²) in [6, 6.07) is 5.05. The lowest BCUT2D eigenvalue weighted by atomic mass is 10.3. The van der Waals surface area contributed by atoms with Crippen molar-refractivity contribution in [3.05, 3.63) is 44.7 Å². The zero-order valence-corrected chi connectivity index (χ0v) is 13.8. The van der Waals surface area contributed by atoms with Crippen LogP contribution in [0.25, 0.3) is 0 Å². The number of rotatable bonds is 4. The Labute approximate surface area is 137 Å². The molecule has 0 aliphatic carbocycles. The molecule has 0 saturated carbocycles. The number of hydrogen-bond acceptors (Lipinski definition) is 4. The van der Waals surface area contributed by atoms with Gasteiger partial charge in [-0.05, 0) is 34.1 Å². The van der Waals surface area contributed by atoms with Crippen molar-refractivity contribution in [2.24, 2.45) is 0 Å². The fourth-order valence-electron chi connectivity index (χ4n) is 1.46. The first kappa shape index (κ1) is 16.2. The lowest BCUT2D eigenvalue weighted by Crippen LogP contribution is -2.12. The van der Waals surface area contributed by atoms with Crippen molar-refractivity contribution in [3.63, 3.8) is 0 Å². The van der Waals surface area contributed by atoms with Crippen LogP contribution in [0.15, 0.2) is 38.2 Å². The van der Waals surface area contributed by atoms with Crippen LogP contribution in [0.2, 0.25) is 10.0 Å². The van der Waals surface area contributed by atoms with E-state index in [4.69, 9.17) is 32.7 Å². The molecule has 2 rings (SSSR count). The molecule has 1 aromatic heterocycles. The third-order valence-electron chi connectivity index (χ3n) is 2.27. The molecule has 1 heterocycles. The second kappa shape index (κ2) is 5.88. The van der Waals surface area contributed by atoms with E-state index >= 15 is 0 Å². The highest BCUT2D eigenvalue weighted by atomic mass is 79.9. The fourth-order valence-corrected chi connectivity index (χ4v) is 3.97. The molecular weight excluding hydrogens is 409 g/mol. The zero-order valence-electron chi connectivity index (χ0n) is 9.93. The van der Waals surface area contributed by atoms with E-state index in [1.54, 1.807) is 0 Å². The maximum absolute atomic E-state index is 12.2. The van der Waals surface area contributed by atoms with Gasteiger partial charge in [-0.3, -0.25) is 4.72 Å². The summed E-state index contributed by atoms with van der Waals surface area (Å²) in [4.78, 5) is 10.4. The Hall–Kier alpha value is -1.22. The number of anilines is 1. The van der Waals surface area contributed by atoms with Crippen LogP contribution in [-0.2, 0) is 10.0 Å². The van der Waals surface area contributed by atoms with Gasteiger partial charge in [0, 0.05) is 16.1 Å². The van der Waals surface area contributed by atoms with Crippen molar-refractivity contribution in [3.8, 4) is 0 Å². The molecule has 0 aliphatic heterocycles. The van der Waals surface area contributed by atoms with Gasteiger partial charge in [-0.1, -0.05) is 23.2 Å². The molecule has 0 saturated heterocycles. The van der Waals surface area contributed by atoms with Crippen LogP contribution in [-0.4, -0.2) is 19.5 Å². The normalized spacial score (nSPS) is 11.4. The minimum Gasteiger partial charge on any atom is -0.475 e. The molecule has 0 atom stereocenters. The molecule has 2 aromatic rings. The highest BCUT2D eigenvalue weighted by Gasteiger charge is 2.25. The Morgan fingerprint density at radius 2 is 1.76 bits per heavy atom. The first-order valence-electron chi connectivity index (χ1n) is 5.20. The van der Waals surface area contributed by atoms with E-state index in [0.29, 0.717) is 0 Å². The lowest BCUT2D eigenvalue weighted by molar-refractivity contribution is 0.0661. The molecule has 0 unspecified atom stereocenters. The smallest absolute Gasteiger partial charge is 0.371 e. The van der Waals surface area contributed by atoms with Crippen molar-refractivity contribution in [2.45, 2.75) is 4.90 Å². The number of nitrogens with one attached hydrogen (secondary N) is 1. The summed E-state index contributed by atoms with van der Waals surface area (Å²) in [5.41, 5.74) is 0.137. The van der Waals surface area contributed by atoms with Crippen LogP contribution in [0.3, 0.4) is 0 Å². The second-order valence-corrected chi connectivity index (χ2v) is 7.06. The van der Waals surface area contributed by atoms with E-state index in [0.717, 1.165) is 6.07 Å². The fraction of sp³-hybridized carbons (Fsp3) is 0. The summed E-state index contributed by atoms with van der Waals surface area (Å²) in [5.74, 6) is -1.89. The molecule has 0 bridgehead atoms. The zero-order chi connectivity index (χ0) is 15.8. The average molecular weight is 415 g/mol. The molecule has 1 aromatic carbocycles. The van der Waals surface area contributed by atoms with Gasteiger partial charge in [0.2, 0.25) is 5.76 Å². The number of carboxylic acids is 1. The van der Waals surface area contributed by atoms with Crippen LogP contribution in [0.5, 0.6) is 0 Å². The van der Waals surface area contributed by atoms with E-state index in [1.165, 1.54) is 18.2 Å². The van der Waals surface area contributed by atoms with Gasteiger partial charge < -0.3 is 9.52 Å². The van der Waals surface area contributed by atoms with Crippen LogP contribution in [0, 0.1) is 0 Å². The number of sulfonamides is 1. The molecule has 0 spiro atoms. The Morgan fingerprint density at radius 1 is 1.19 bits per heavy atom. The Balaban J connectivity index is 2.40. The number of aromatic carboxylic acids is 1. The summed E-state index contributed by atoms with van der Waals surface area (Å²) >= 11 is 14.4. The first-order chi connectivity index (χ1) is 9.69. The third-order valence-corrected chi connectivity index (χ3v) is 4.95. The van der Waals surface area contributed by atoms with Gasteiger partial charge in [0.25, 0.3) is 10.0 Å². The molecule has 0 amide bonds. The minimum absolute atomic E-state index is 0.137.